The summed E-state index contributed by atoms with van der Waals surface area (Å²) < 4.78 is 3.50. The second kappa shape index (κ2) is 9.59. The van der Waals surface area contributed by atoms with Crippen LogP contribution in [0.25, 0.3) is 27.8 Å². The molecule has 0 spiro atoms. The molecule has 188 valence electrons. The topological polar surface area (TPSA) is 62.6 Å². The van der Waals surface area contributed by atoms with Crippen molar-refractivity contribution in [3.05, 3.63) is 86.0 Å². The summed E-state index contributed by atoms with van der Waals surface area (Å²) in [5.41, 5.74) is 12.3. The highest BCUT2D eigenvalue weighted by Gasteiger charge is 2.30. The van der Waals surface area contributed by atoms with Crippen LogP contribution in [0.3, 0.4) is 0 Å². The van der Waals surface area contributed by atoms with Gasteiger partial charge in [-0.15, -0.1) is 0 Å². The zero-order valence-corrected chi connectivity index (χ0v) is 23.9. The van der Waals surface area contributed by atoms with E-state index in [1.54, 1.807) is 0 Å². The molecule has 0 bridgehead atoms. The van der Waals surface area contributed by atoms with Crippen molar-refractivity contribution < 1.29 is 0 Å². The van der Waals surface area contributed by atoms with Crippen LogP contribution < -0.4 is 4.90 Å². The van der Waals surface area contributed by atoms with Crippen LogP contribution in [0, 0.1) is 17.4 Å². The molecule has 0 saturated carbocycles. The number of fused-ring (bicyclic) bond motifs is 2. The van der Waals surface area contributed by atoms with E-state index in [2.05, 4.69) is 98.2 Å². The van der Waals surface area contributed by atoms with Crippen LogP contribution >= 0.6 is 22.6 Å². The zero-order chi connectivity index (χ0) is 25.7. The lowest BCUT2D eigenvalue weighted by atomic mass is 9.96. The standard InChI is InChI=1S/C30H31IN6/c1-5-20-8-7-9-21(6-2)28(20)37-29(26-22-10-12-32-27(22)19(4)14-24(26)31)23-17-36(13-11-25(23)35-37)30-33-15-18(3)16-34-30/h7-10,12,14-16,32H,5-6,11,13,17H2,1-4H3. The zero-order valence-electron chi connectivity index (χ0n) is 21.8. The number of H-pyrrole nitrogens is 1. The van der Waals surface area contributed by atoms with E-state index >= 15 is 0 Å². The van der Waals surface area contributed by atoms with E-state index < -0.39 is 0 Å². The minimum Gasteiger partial charge on any atom is -0.361 e. The van der Waals surface area contributed by atoms with Crippen molar-refractivity contribution in [3.8, 4) is 16.9 Å². The molecule has 1 aliphatic heterocycles. The molecule has 2 aromatic carbocycles. The maximum absolute atomic E-state index is 5.35. The number of halogens is 1. The predicted molar refractivity (Wildman–Crippen MR) is 159 cm³/mol. The van der Waals surface area contributed by atoms with E-state index in [4.69, 9.17) is 5.10 Å². The number of hydrogen-bond donors (Lipinski definition) is 1. The Kier molecular flexibility index (Phi) is 6.26. The third-order valence-corrected chi connectivity index (χ3v) is 8.34. The molecule has 0 fully saturated rings. The number of nitrogens with one attached hydrogen (secondary N) is 1. The van der Waals surface area contributed by atoms with Gasteiger partial charge in [-0.25, -0.2) is 14.6 Å². The largest absolute Gasteiger partial charge is 0.361 e. The van der Waals surface area contributed by atoms with Gasteiger partial charge >= 0.3 is 0 Å². The van der Waals surface area contributed by atoms with Crippen molar-refractivity contribution in [2.24, 2.45) is 0 Å². The smallest absolute Gasteiger partial charge is 0.225 e. The highest BCUT2D eigenvalue weighted by Crippen LogP contribution is 2.41. The highest BCUT2D eigenvalue weighted by atomic mass is 127. The molecule has 0 radical (unpaired) electrons. The van der Waals surface area contributed by atoms with Crippen molar-refractivity contribution in [2.75, 3.05) is 11.4 Å². The third-order valence-electron chi connectivity index (χ3n) is 7.49. The predicted octanol–water partition coefficient (Wildman–Crippen LogP) is 6.72. The molecule has 0 unspecified atom stereocenters. The van der Waals surface area contributed by atoms with Crippen LogP contribution in [0.2, 0.25) is 0 Å². The third kappa shape index (κ3) is 4.04. The second-order valence-corrected chi connectivity index (χ2v) is 11.0. The number of aromatic amines is 1. The summed E-state index contributed by atoms with van der Waals surface area (Å²) in [7, 11) is 0. The fourth-order valence-electron chi connectivity index (χ4n) is 5.61. The molecule has 1 N–H and O–H groups in total. The lowest BCUT2D eigenvalue weighted by Crippen LogP contribution is -2.31. The molecule has 0 amide bonds. The van der Waals surface area contributed by atoms with Gasteiger partial charge in [-0.05, 0) is 83.7 Å². The minimum absolute atomic E-state index is 0.735. The quantitative estimate of drug-likeness (QED) is 0.227. The van der Waals surface area contributed by atoms with Crippen LogP contribution in [0.15, 0.2) is 48.9 Å². The Morgan fingerprint density at radius 3 is 2.46 bits per heavy atom. The van der Waals surface area contributed by atoms with Gasteiger partial charge in [0.2, 0.25) is 5.95 Å². The van der Waals surface area contributed by atoms with Crippen LogP contribution in [-0.2, 0) is 25.8 Å². The average Bonchev–Trinajstić information content (AvgIpc) is 3.54. The first-order valence-corrected chi connectivity index (χ1v) is 14.1. The molecule has 3 aromatic heterocycles. The summed E-state index contributed by atoms with van der Waals surface area (Å²) in [6.45, 7) is 10.3. The number of benzene rings is 2. The molecule has 37 heavy (non-hydrogen) atoms. The fourth-order valence-corrected chi connectivity index (χ4v) is 6.62. The van der Waals surface area contributed by atoms with E-state index in [9.17, 15) is 0 Å². The number of hydrogen-bond acceptors (Lipinski definition) is 4. The van der Waals surface area contributed by atoms with E-state index in [1.807, 2.05) is 25.5 Å². The van der Waals surface area contributed by atoms with E-state index in [0.29, 0.717) is 0 Å². The second-order valence-electron chi connectivity index (χ2n) is 9.87. The molecule has 5 aromatic rings. The van der Waals surface area contributed by atoms with Crippen LogP contribution in [0.4, 0.5) is 5.95 Å². The maximum Gasteiger partial charge on any atom is 0.225 e. The lowest BCUT2D eigenvalue weighted by molar-refractivity contribution is 0.694. The summed E-state index contributed by atoms with van der Waals surface area (Å²) in [5, 5.41) is 6.59. The van der Waals surface area contributed by atoms with Gasteiger partial charge in [0.1, 0.15) is 0 Å². The fraction of sp³-hybridized carbons (Fsp3) is 0.300. The SMILES string of the molecule is CCc1cccc(CC)c1-n1nc2c(c1-c1c(I)cc(C)c3[nH]ccc13)CN(c1ncc(C)cn1)CC2. The molecule has 6 rings (SSSR count). The van der Waals surface area contributed by atoms with Crippen LogP contribution in [-0.4, -0.2) is 31.3 Å². The van der Waals surface area contributed by atoms with Gasteiger partial charge in [0.05, 0.1) is 17.1 Å². The number of para-hydroxylation sites is 1. The molecule has 7 heteroatoms. The van der Waals surface area contributed by atoms with Gasteiger partial charge in [0, 0.05) is 63.7 Å². The first kappa shape index (κ1) is 24.2. The number of rotatable bonds is 5. The lowest BCUT2D eigenvalue weighted by Gasteiger charge is -2.27. The molecule has 0 aliphatic carbocycles. The van der Waals surface area contributed by atoms with Gasteiger partial charge in [-0.3, -0.25) is 0 Å². The summed E-state index contributed by atoms with van der Waals surface area (Å²) >= 11 is 2.51. The highest BCUT2D eigenvalue weighted by molar-refractivity contribution is 14.1. The van der Waals surface area contributed by atoms with E-state index in [0.717, 1.165) is 43.9 Å². The van der Waals surface area contributed by atoms with Crippen LogP contribution in [0.5, 0.6) is 0 Å². The Hall–Kier alpha value is -3.20. The average molecular weight is 603 g/mol. The number of nitrogens with zero attached hydrogens (tertiary/aromatic N) is 5. The summed E-state index contributed by atoms with van der Waals surface area (Å²) in [6, 6.07) is 11.2. The normalized spacial score (nSPS) is 13.4. The number of anilines is 1. The molecule has 0 saturated heterocycles. The van der Waals surface area contributed by atoms with E-state index in [-0.39, 0.29) is 0 Å². The summed E-state index contributed by atoms with van der Waals surface area (Å²) in [6.07, 6.45) is 8.64. The van der Waals surface area contributed by atoms with Crippen molar-refractivity contribution in [2.45, 2.75) is 53.5 Å². The molecule has 1 aliphatic rings. The van der Waals surface area contributed by atoms with Gasteiger partial charge < -0.3 is 9.88 Å². The molecular weight excluding hydrogens is 571 g/mol. The number of aryl methyl sites for hydroxylation is 4. The van der Waals surface area contributed by atoms with Crippen molar-refractivity contribution in [1.82, 2.24) is 24.7 Å². The summed E-state index contributed by atoms with van der Waals surface area (Å²) in [4.78, 5) is 15.1. The monoisotopic (exact) mass is 602 g/mol. The minimum atomic E-state index is 0.735. The van der Waals surface area contributed by atoms with Gasteiger partial charge in [-0.1, -0.05) is 32.0 Å². The Labute approximate surface area is 231 Å². The number of aromatic nitrogens is 5. The van der Waals surface area contributed by atoms with Gasteiger partial charge in [-0.2, -0.15) is 5.10 Å². The molecule has 4 heterocycles. The molecule has 6 nitrogen and oxygen atoms in total. The van der Waals surface area contributed by atoms with Crippen molar-refractivity contribution >= 4 is 39.4 Å². The van der Waals surface area contributed by atoms with Gasteiger partial charge in [0.25, 0.3) is 0 Å². The van der Waals surface area contributed by atoms with E-state index in [1.165, 1.54) is 59.4 Å². The van der Waals surface area contributed by atoms with Crippen LogP contribution in [0.1, 0.15) is 47.4 Å². The first-order chi connectivity index (χ1) is 18.0. The Morgan fingerprint density at radius 1 is 1.03 bits per heavy atom. The molecule has 0 atom stereocenters. The molecular formula is C30H31IN6. The maximum atomic E-state index is 5.35. The summed E-state index contributed by atoms with van der Waals surface area (Å²) in [5.74, 6) is 0.781. The van der Waals surface area contributed by atoms with Crippen molar-refractivity contribution in [1.29, 1.82) is 0 Å². The van der Waals surface area contributed by atoms with Crippen molar-refractivity contribution in [3.63, 3.8) is 0 Å². The Balaban J connectivity index is 1.64. The first-order valence-electron chi connectivity index (χ1n) is 13.0. The Bertz CT molecular complexity index is 1590. The van der Waals surface area contributed by atoms with Gasteiger partial charge in [0.15, 0.2) is 0 Å². The Morgan fingerprint density at radius 2 is 1.76 bits per heavy atom.